The molecular formula is C9H19NO5S. The van der Waals surface area contributed by atoms with Crippen molar-refractivity contribution in [2.75, 3.05) is 12.3 Å². The molecule has 0 fully saturated rings. The van der Waals surface area contributed by atoms with Crippen LogP contribution in [-0.2, 0) is 14.8 Å². The summed E-state index contributed by atoms with van der Waals surface area (Å²) in [6.45, 7) is 1.92. The molecule has 0 aliphatic heterocycles. The maximum absolute atomic E-state index is 11.3. The molecule has 0 heterocycles. The standard InChI is InChI=1S/C9H19NO5S/c1-8(11)4-2-6-10-16(14,15)7-3-5-9(12)13/h8,10-11H,2-7H2,1H3,(H,12,13). The van der Waals surface area contributed by atoms with Crippen LogP contribution in [0.4, 0.5) is 0 Å². The Labute approximate surface area is 95.7 Å². The third-order valence-corrected chi connectivity index (χ3v) is 3.39. The Kier molecular flexibility index (Phi) is 7.27. The molecule has 0 saturated heterocycles. The fraction of sp³-hybridized carbons (Fsp3) is 0.889. The lowest BCUT2D eigenvalue weighted by molar-refractivity contribution is -0.137. The van der Waals surface area contributed by atoms with E-state index in [1.165, 1.54) is 0 Å². The molecule has 0 bridgehead atoms. The van der Waals surface area contributed by atoms with E-state index in [0.29, 0.717) is 12.8 Å². The van der Waals surface area contributed by atoms with Gasteiger partial charge in [0.2, 0.25) is 10.0 Å². The first-order valence-corrected chi connectivity index (χ1v) is 6.86. The van der Waals surface area contributed by atoms with Crippen LogP contribution in [0.2, 0.25) is 0 Å². The van der Waals surface area contributed by atoms with Gasteiger partial charge in [0.05, 0.1) is 11.9 Å². The largest absolute Gasteiger partial charge is 0.481 e. The van der Waals surface area contributed by atoms with Gasteiger partial charge in [0.15, 0.2) is 0 Å². The van der Waals surface area contributed by atoms with Crippen LogP contribution in [0, 0.1) is 0 Å². The van der Waals surface area contributed by atoms with Crippen molar-refractivity contribution in [3.8, 4) is 0 Å². The zero-order valence-electron chi connectivity index (χ0n) is 9.35. The molecule has 0 aromatic heterocycles. The van der Waals surface area contributed by atoms with Crippen molar-refractivity contribution >= 4 is 16.0 Å². The second-order valence-corrected chi connectivity index (χ2v) is 5.63. The van der Waals surface area contributed by atoms with Crippen LogP contribution in [0.1, 0.15) is 32.6 Å². The van der Waals surface area contributed by atoms with E-state index >= 15 is 0 Å². The molecule has 0 aromatic carbocycles. The van der Waals surface area contributed by atoms with E-state index in [1.54, 1.807) is 6.92 Å². The fourth-order valence-electron chi connectivity index (χ4n) is 1.11. The van der Waals surface area contributed by atoms with Gasteiger partial charge in [-0.05, 0) is 26.2 Å². The van der Waals surface area contributed by atoms with E-state index in [-0.39, 0.29) is 25.1 Å². The highest BCUT2D eigenvalue weighted by Gasteiger charge is 2.10. The zero-order chi connectivity index (χ0) is 12.6. The first-order chi connectivity index (χ1) is 7.33. The molecule has 16 heavy (non-hydrogen) atoms. The molecule has 96 valence electrons. The van der Waals surface area contributed by atoms with Crippen LogP contribution in [0.5, 0.6) is 0 Å². The Hall–Kier alpha value is -0.660. The van der Waals surface area contributed by atoms with E-state index in [2.05, 4.69) is 4.72 Å². The summed E-state index contributed by atoms with van der Waals surface area (Å²) < 4.78 is 24.9. The molecule has 1 atom stereocenters. The SMILES string of the molecule is CC(O)CCCNS(=O)(=O)CCCC(=O)O. The normalized spacial score (nSPS) is 13.6. The van der Waals surface area contributed by atoms with Gasteiger partial charge in [-0.1, -0.05) is 0 Å². The van der Waals surface area contributed by atoms with E-state index in [0.717, 1.165) is 0 Å². The summed E-state index contributed by atoms with van der Waals surface area (Å²) in [6, 6.07) is 0. The van der Waals surface area contributed by atoms with Crippen molar-refractivity contribution in [2.24, 2.45) is 0 Å². The van der Waals surface area contributed by atoms with Gasteiger partial charge in [-0.3, -0.25) is 4.79 Å². The number of aliphatic hydroxyl groups excluding tert-OH is 1. The lowest BCUT2D eigenvalue weighted by Crippen LogP contribution is -2.28. The second-order valence-electron chi connectivity index (χ2n) is 3.70. The topological polar surface area (TPSA) is 104 Å². The highest BCUT2D eigenvalue weighted by Crippen LogP contribution is 1.97. The summed E-state index contributed by atoms with van der Waals surface area (Å²) in [4.78, 5) is 10.2. The minimum Gasteiger partial charge on any atom is -0.481 e. The number of hydrogen-bond acceptors (Lipinski definition) is 4. The van der Waals surface area contributed by atoms with E-state index in [1.807, 2.05) is 0 Å². The lowest BCUT2D eigenvalue weighted by Gasteiger charge is -2.06. The molecule has 0 aliphatic carbocycles. The van der Waals surface area contributed by atoms with Gasteiger partial charge >= 0.3 is 5.97 Å². The molecular weight excluding hydrogens is 234 g/mol. The molecule has 1 unspecified atom stereocenters. The number of sulfonamides is 1. The predicted octanol–water partition coefficient (Wildman–Crippen LogP) is -0.0684. The minimum atomic E-state index is -3.37. The Morgan fingerprint density at radius 1 is 1.38 bits per heavy atom. The predicted molar refractivity (Wildman–Crippen MR) is 59.6 cm³/mol. The highest BCUT2D eigenvalue weighted by atomic mass is 32.2. The smallest absolute Gasteiger partial charge is 0.303 e. The van der Waals surface area contributed by atoms with E-state index < -0.39 is 22.1 Å². The van der Waals surface area contributed by atoms with Crippen molar-refractivity contribution in [2.45, 2.75) is 38.7 Å². The van der Waals surface area contributed by atoms with Crippen LogP contribution in [0.25, 0.3) is 0 Å². The number of rotatable bonds is 9. The fourth-order valence-corrected chi connectivity index (χ4v) is 2.23. The van der Waals surface area contributed by atoms with E-state index in [9.17, 15) is 13.2 Å². The van der Waals surface area contributed by atoms with Crippen LogP contribution >= 0.6 is 0 Å². The summed E-state index contributed by atoms with van der Waals surface area (Å²) in [5.74, 6) is -1.17. The van der Waals surface area contributed by atoms with Crippen molar-refractivity contribution in [1.82, 2.24) is 4.72 Å². The quantitative estimate of drug-likeness (QED) is 0.499. The van der Waals surface area contributed by atoms with Gasteiger partial charge < -0.3 is 10.2 Å². The maximum Gasteiger partial charge on any atom is 0.303 e. The monoisotopic (exact) mass is 253 g/mol. The molecule has 0 spiro atoms. The van der Waals surface area contributed by atoms with Crippen molar-refractivity contribution < 1.29 is 23.4 Å². The number of carboxylic acid groups (broad SMARTS) is 1. The Bertz CT molecular complexity index is 299. The molecule has 3 N–H and O–H groups in total. The van der Waals surface area contributed by atoms with Crippen LogP contribution in [0.3, 0.4) is 0 Å². The first kappa shape index (κ1) is 15.3. The number of nitrogens with one attached hydrogen (secondary N) is 1. The van der Waals surface area contributed by atoms with Gasteiger partial charge in [-0.15, -0.1) is 0 Å². The van der Waals surface area contributed by atoms with Gasteiger partial charge in [0, 0.05) is 13.0 Å². The van der Waals surface area contributed by atoms with Crippen molar-refractivity contribution in [1.29, 1.82) is 0 Å². The molecule has 0 saturated carbocycles. The minimum absolute atomic E-state index is 0.112. The number of aliphatic hydroxyl groups is 1. The van der Waals surface area contributed by atoms with Crippen LogP contribution in [-0.4, -0.2) is 43.0 Å². The average molecular weight is 253 g/mol. The first-order valence-electron chi connectivity index (χ1n) is 5.20. The van der Waals surface area contributed by atoms with Gasteiger partial charge in [-0.25, -0.2) is 13.1 Å². The Balaban J connectivity index is 3.67. The summed E-state index contributed by atoms with van der Waals surface area (Å²) >= 11 is 0. The third kappa shape index (κ3) is 9.88. The summed E-state index contributed by atoms with van der Waals surface area (Å²) in [6.07, 6.45) is 0.639. The lowest BCUT2D eigenvalue weighted by atomic mass is 10.2. The number of aliphatic carboxylic acids is 1. The molecule has 0 radical (unpaired) electrons. The maximum atomic E-state index is 11.3. The van der Waals surface area contributed by atoms with Crippen molar-refractivity contribution in [3.05, 3.63) is 0 Å². The molecule has 0 amide bonds. The number of carboxylic acids is 1. The van der Waals surface area contributed by atoms with E-state index in [4.69, 9.17) is 10.2 Å². The van der Waals surface area contributed by atoms with Crippen molar-refractivity contribution in [3.63, 3.8) is 0 Å². The van der Waals surface area contributed by atoms with Gasteiger partial charge in [0.1, 0.15) is 0 Å². The molecule has 0 aliphatic rings. The zero-order valence-corrected chi connectivity index (χ0v) is 10.2. The molecule has 0 aromatic rings. The number of hydrogen-bond donors (Lipinski definition) is 3. The summed E-state index contributed by atoms with van der Waals surface area (Å²) in [5, 5.41) is 17.3. The third-order valence-electron chi connectivity index (χ3n) is 1.92. The van der Waals surface area contributed by atoms with Gasteiger partial charge in [-0.2, -0.15) is 0 Å². The Morgan fingerprint density at radius 3 is 2.50 bits per heavy atom. The average Bonchev–Trinajstić information content (AvgIpc) is 2.11. The van der Waals surface area contributed by atoms with Gasteiger partial charge in [0.25, 0.3) is 0 Å². The summed E-state index contributed by atoms with van der Waals surface area (Å²) in [5.41, 5.74) is 0. The van der Waals surface area contributed by atoms with Crippen LogP contribution in [0.15, 0.2) is 0 Å². The molecule has 0 rings (SSSR count). The van der Waals surface area contributed by atoms with Crippen LogP contribution < -0.4 is 4.72 Å². The Morgan fingerprint density at radius 2 is 2.00 bits per heavy atom. The molecule has 7 heteroatoms. The summed E-state index contributed by atoms with van der Waals surface area (Å²) in [7, 11) is -3.37. The number of carbonyl (C=O) groups is 1. The second kappa shape index (κ2) is 7.59. The molecule has 6 nitrogen and oxygen atoms in total. The highest BCUT2D eigenvalue weighted by molar-refractivity contribution is 7.89.